The molecule has 0 aromatic heterocycles. The molecule has 3 N–H and O–H groups in total. The zero-order valence-corrected chi connectivity index (χ0v) is 22.1. The first kappa shape index (κ1) is 28.4. The van der Waals surface area contributed by atoms with E-state index in [9.17, 15) is 18.8 Å². The van der Waals surface area contributed by atoms with Crippen LogP contribution >= 0.6 is 11.6 Å². The van der Waals surface area contributed by atoms with E-state index in [4.69, 9.17) is 16.3 Å². The number of nitrogens with zero attached hydrogens (tertiary/aromatic N) is 1. The number of hydrogen-bond acceptors (Lipinski definition) is 5. The van der Waals surface area contributed by atoms with Crippen LogP contribution in [0.1, 0.15) is 31.4 Å². The van der Waals surface area contributed by atoms with Crippen LogP contribution in [-0.2, 0) is 27.2 Å². The van der Waals surface area contributed by atoms with Gasteiger partial charge in [-0.05, 0) is 62.1 Å². The second-order valence-corrected chi connectivity index (χ2v) is 9.71. The molecule has 0 unspecified atom stereocenters. The number of fused-ring (bicyclic) bond motifs is 1. The van der Waals surface area contributed by atoms with Crippen molar-refractivity contribution in [1.29, 1.82) is 0 Å². The Bertz CT molecular complexity index is 1100. The summed E-state index contributed by atoms with van der Waals surface area (Å²) < 4.78 is 19.5. The maximum atomic E-state index is 13.4. The van der Waals surface area contributed by atoms with E-state index in [2.05, 4.69) is 16.0 Å². The van der Waals surface area contributed by atoms with Gasteiger partial charge in [-0.15, -0.1) is 0 Å². The van der Waals surface area contributed by atoms with E-state index in [-0.39, 0.29) is 36.7 Å². The molecule has 0 saturated carbocycles. The quantitative estimate of drug-likeness (QED) is 0.552. The maximum Gasteiger partial charge on any atom is 0.243 e. The second kappa shape index (κ2) is 13.4. The zero-order valence-electron chi connectivity index (χ0n) is 21.4. The van der Waals surface area contributed by atoms with Crippen LogP contribution in [0.2, 0.25) is 5.02 Å². The summed E-state index contributed by atoms with van der Waals surface area (Å²) in [6.45, 7) is 4.31. The molecule has 200 valence electrons. The fourth-order valence-corrected chi connectivity index (χ4v) is 4.14. The van der Waals surface area contributed by atoms with Gasteiger partial charge in [-0.25, -0.2) is 4.39 Å². The Morgan fingerprint density at radius 1 is 1.08 bits per heavy atom. The lowest BCUT2D eigenvalue weighted by molar-refractivity contribution is -0.138. The van der Waals surface area contributed by atoms with Gasteiger partial charge in [-0.2, -0.15) is 0 Å². The molecule has 0 fully saturated rings. The summed E-state index contributed by atoms with van der Waals surface area (Å²) in [5, 5.41) is 9.29. The van der Waals surface area contributed by atoms with Gasteiger partial charge < -0.3 is 25.6 Å². The first-order chi connectivity index (χ1) is 17.6. The van der Waals surface area contributed by atoms with Crippen molar-refractivity contribution in [1.82, 2.24) is 20.9 Å². The Morgan fingerprint density at radius 3 is 2.54 bits per heavy atom. The average Bonchev–Trinajstić information content (AvgIpc) is 2.86. The van der Waals surface area contributed by atoms with E-state index >= 15 is 0 Å². The first-order valence-corrected chi connectivity index (χ1v) is 12.8. The van der Waals surface area contributed by atoms with E-state index in [1.54, 1.807) is 38.2 Å². The minimum absolute atomic E-state index is 0.0176. The molecule has 1 aliphatic heterocycles. The molecule has 0 spiro atoms. The summed E-state index contributed by atoms with van der Waals surface area (Å²) in [6, 6.07) is 9.53. The maximum absolute atomic E-state index is 13.4. The molecule has 1 aliphatic rings. The number of likely N-dealkylation sites (N-methyl/N-ethyl adjacent to an activating group) is 1. The minimum atomic E-state index is -0.892. The van der Waals surface area contributed by atoms with Crippen molar-refractivity contribution in [2.45, 2.75) is 51.3 Å². The lowest BCUT2D eigenvalue weighted by Gasteiger charge is -2.27. The number of carbonyl (C=O) groups is 3. The molecule has 8 nitrogen and oxygen atoms in total. The lowest BCUT2D eigenvalue weighted by atomic mass is 10.0. The summed E-state index contributed by atoms with van der Waals surface area (Å²) in [7, 11) is 1.54. The van der Waals surface area contributed by atoms with Gasteiger partial charge in [0.05, 0.1) is 6.54 Å². The number of hydrogen-bond donors (Lipinski definition) is 3. The van der Waals surface area contributed by atoms with Gasteiger partial charge >= 0.3 is 0 Å². The number of rotatable bonds is 2. The molecule has 2 aromatic rings. The number of benzene rings is 2. The van der Waals surface area contributed by atoms with E-state index < -0.39 is 18.0 Å². The molecule has 1 heterocycles. The van der Waals surface area contributed by atoms with Crippen LogP contribution in [0.5, 0.6) is 5.75 Å². The topological polar surface area (TPSA) is 99.8 Å². The fourth-order valence-electron chi connectivity index (χ4n) is 3.97. The Kier molecular flexibility index (Phi) is 10.3. The van der Waals surface area contributed by atoms with Gasteiger partial charge in [0.1, 0.15) is 29.8 Å². The van der Waals surface area contributed by atoms with Crippen molar-refractivity contribution in [3.8, 4) is 5.75 Å². The molecule has 10 heteroatoms. The van der Waals surface area contributed by atoms with Gasteiger partial charge in [-0.1, -0.05) is 29.8 Å². The molecule has 0 aliphatic carbocycles. The van der Waals surface area contributed by atoms with Crippen LogP contribution in [0.4, 0.5) is 4.39 Å². The fraction of sp³-hybridized carbons (Fsp3) is 0.444. The van der Waals surface area contributed by atoms with Crippen molar-refractivity contribution in [3.63, 3.8) is 0 Å². The lowest BCUT2D eigenvalue weighted by Crippen LogP contribution is -2.54. The zero-order chi connectivity index (χ0) is 26.9. The molecule has 3 amide bonds. The molecular weight excluding hydrogens is 499 g/mol. The second-order valence-electron chi connectivity index (χ2n) is 9.28. The van der Waals surface area contributed by atoms with Gasteiger partial charge in [-0.3, -0.25) is 14.4 Å². The normalized spacial score (nSPS) is 22.7. The largest absolute Gasteiger partial charge is 0.489 e. The highest BCUT2D eigenvalue weighted by molar-refractivity contribution is 6.30. The molecule has 2 aromatic carbocycles. The van der Waals surface area contributed by atoms with Crippen molar-refractivity contribution in [2.24, 2.45) is 0 Å². The van der Waals surface area contributed by atoms with Crippen LogP contribution in [0.3, 0.4) is 0 Å². The van der Waals surface area contributed by atoms with E-state index in [1.165, 1.54) is 17.0 Å². The highest BCUT2D eigenvalue weighted by atomic mass is 35.5. The van der Waals surface area contributed by atoms with Gasteiger partial charge in [0.2, 0.25) is 17.7 Å². The summed E-state index contributed by atoms with van der Waals surface area (Å²) in [5.74, 6) is -0.819. The Labute approximate surface area is 221 Å². The van der Waals surface area contributed by atoms with Crippen LogP contribution in [0.15, 0.2) is 42.5 Å². The number of carbonyl (C=O) groups excluding carboxylic acids is 3. The van der Waals surface area contributed by atoms with Crippen molar-refractivity contribution < 1.29 is 23.5 Å². The predicted molar refractivity (Wildman–Crippen MR) is 140 cm³/mol. The third-order valence-corrected chi connectivity index (χ3v) is 6.56. The number of halogens is 2. The third-order valence-electron chi connectivity index (χ3n) is 6.33. The highest BCUT2D eigenvalue weighted by Gasteiger charge is 2.27. The first-order valence-electron chi connectivity index (χ1n) is 12.4. The van der Waals surface area contributed by atoms with Crippen molar-refractivity contribution >= 4 is 29.3 Å². The number of aryl methyl sites for hydroxylation is 1. The molecule has 0 bridgehead atoms. The molecule has 3 atom stereocenters. The van der Waals surface area contributed by atoms with E-state index in [1.807, 2.05) is 13.0 Å². The standard InChI is InChI=1S/C27H34ClFN4O4/c1-17-15-30-16-25(34)33(3)18(2)26(35)32-23(13-19-6-10-22(29)11-7-19)27(36)31-12-4-5-20-8-9-21(28)14-24(20)37-17/h6-11,14,17-18,23,30H,4-5,12-13,15-16H2,1-3H3,(H,31,36)(H,32,35)/t17-,18-,23-/m1/s1. The van der Waals surface area contributed by atoms with Crippen LogP contribution < -0.4 is 20.7 Å². The minimum Gasteiger partial charge on any atom is -0.489 e. The summed E-state index contributed by atoms with van der Waals surface area (Å²) in [5.41, 5.74) is 1.65. The van der Waals surface area contributed by atoms with E-state index in [0.717, 1.165) is 5.56 Å². The third kappa shape index (κ3) is 8.43. The Hall–Kier alpha value is -3.17. The monoisotopic (exact) mass is 532 g/mol. The van der Waals surface area contributed by atoms with Crippen molar-refractivity contribution in [2.75, 3.05) is 26.7 Å². The summed E-state index contributed by atoms with van der Waals surface area (Å²) in [6.07, 6.45) is 1.22. The smallest absolute Gasteiger partial charge is 0.243 e. The number of amides is 3. The molecule has 0 saturated heterocycles. The predicted octanol–water partition coefficient (Wildman–Crippen LogP) is 2.47. The molecule has 0 radical (unpaired) electrons. The van der Waals surface area contributed by atoms with Gasteiger partial charge in [0, 0.05) is 31.6 Å². The molecule has 3 rings (SSSR count). The summed E-state index contributed by atoms with van der Waals surface area (Å²) >= 11 is 6.18. The van der Waals surface area contributed by atoms with Gasteiger partial charge in [0.25, 0.3) is 0 Å². The van der Waals surface area contributed by atoms with Crippen molar-refractivity contribution in [3.05, 3.63) is 64.4 Å². The Morgan fingerprint density at radius 2 is 1.81 bits per heavy atom. The van der Waals surface area contributed by atoms with Crippen LogP contribution in [0.25, 0.3) is 0 Å². The molecular formula is C27H34ClFN4O4. The van der Waals surface area contributed by atoms with Crippen LogP contribution in [0, 0.1) is 5.82 Å². The highest BCUT2D eigenvalue weighted by Crippen LogP contribution is 2.25. The summed E-state index contributed by atoms with van der Waals surface area (Å²) in [4.78, 5) is 40.1. The van der Waals surface area contributed by atoms with Gasteiger partial charge in [0.15, 0.2) is 0 Å². The van der Waals surface area contributed by atoms with E-state index in [0.29, 0.717) is 42.3 Å². The SMILES string of the molecule is C[C@@H]1CNCC(=O)N(C)[C@H](C)C(=O)N[C@H](Cc2ccc(F)cc2)C(=O)NCCCc2ccc(Cl)cc2O1. The van der Waals surface area contributed by atoms with Crippen LogP contribution in [-0.4, -0.2) is 67.5 Å². The number of ether oxygens (including phenoxy) is 1. The average molecular weight is 533 g/mol. The molecule has 37 heavy (non-hydrogen) atoms. The Balaban J connectivity index is 1.80. The number of nitrogens with one attached hydrogen (secondary N) is 3.